The van der Waals surface area contributed by atoms with E-state index in [0.29, 0.717) is 17.7 Å². The van der Waals surface area contributed by atoms with Gasteiger partial charge in [-0.3, -0.25) is 0 Å². The Hall–Kier alpha value is -1.60. The second-order valence-corrected chi connectivity index (χ2v) is 7.70. The summed E-state index contributed by atoms with van der Waals surface area (Å²) in [4.78, 5) is -0.207. The molecule has 2 aromatic carbocycles. The van der Waals surface area contributed by atoms with E-state index in [1.54, 1.807) is 30.3 Å². The van der Waals surface area contributed by atoms with Crippen molar-refractivity contribution < 1.29 is 18.3 Å². The highest BCUT2D eigenvalue weighted by Crippen LogP contribution is 2.29. The Morgan fingerprint density at radius 1 is 1.12 bits per heavy atom. The lowest BCUT2D eigenvalue weighted by Gasteiger charge is -2.14. The highest BCUT2D eigenvalue weighted by atomic mass is 35.5. The number of sulfonamides is 1. The summed E-state index contributed by atoms with van der Waals surface area (Å²) in [5.41, 5.74) is 1.01. The lowest BCUT2D eigenvalue weighted by atomic mass is 10.0. The molecular weight excluding hydrogens is 362 g/mol. The van der Waals surface area contributed by atoms with Crippen molar-refractivity contribution in [1.82, 2.24) is 0 Å². The maximum Gasteiger partial charge on any atom is 0.239 e. The van der Waals surface area contributed by atoms with Crippen molar-refractivity contribution in [2.45, 2.75) is 37.2 Å². The maximum absolute atomic E-state index is 11.6. The molecule has 7 heteroatoms. The van der Waals surface area contributed by atoms with Crippen LogP contribution in [0, 0.1) is 0 Å². The molecule has 136 valence electrons. The van der Waals surface area contributed by atoms with E-state index < -0.39 is 16.1 Å². The summed E-state index contributed by atoms with van der Waals surface area (Å²) < 4.78 is 28.7. The van der Waals surface area contributed by atoms with Crippen LogP contribution in [0.25, 0.3) is 0 Å². The minimum atomic E-state index is -3.96. The van der Waals surface area contributed by atoms with Gasteiger partial charge < -0.3 is 9.84 Å². The monoisotopic (exact) mass is 383 g/mol. The van der Waals surface area contributed by atoms with Gasteiger partial charge in [0.15, 0.2) is 0 Å². The average molecular weight is 384 g/mol. The van der Waals surface area contributed by atoms with E-state index in [2.05, 4.69) is 6.92 Å². The Kier molecular flexibility index (Phi) is 6.84. The van der Waals surface area contributed by atoms with E-state index in [1.165, 1.54) is 12.1 Å². The van der Waals surface area contributed by atoms with Crippen LogP contribution in [0.1, 0.15) is 43.4 Å². The van der Waals surface area contributed by atoms with E-state index in [-0.39, 0.29) is 9.92 Å². The van der Waals surface area contributed by atoms with Crippen LogP contribution in [-0.4, -0.2) is 20.1 Å². The molecule has 0 fully saturated rings. The van der Waals surface area contributed by atoms with Crippen molar-refractivity contribution >= 4 is 21.6 Å². The van der Waals surface area contributed by atoms with E-state index >= 15 is 0 Å². The fourth-order valence-corrected chi connectivity index (χ4v) is 3.47. The van der Waals surface area contributed by atoms with Crippen LogP contribution >= 0.6 is 11.6 Å². The number of hydrogen-bond donors (Lipinski definition) is 2. The minimum Gasteiger partial charge on any atom is -0.494 e. The first kappa shape index (κ1) is 19.7. The number of unbranched alkanes of at least 4 members (excludes halogenated alkanes) is 2. The van der Waals surface area contributed by atoms with E-state index in [4.69, 9.17) is 21.5 Å². The van der Waals surface area contributed by atoms with Gasteiger partial charge in [0.2, 0.25) is 10.0 Å². The van der Waals surface area contributed by atoms with Crippen LogP contribution in [0.4, 0.5) is 0 Å². The Morgan fingerprint density at radius 3 is 2.36 bits per heavy atom. The average Bonchev–Trinajstić information content (AvgIpc) is 2.58. The van der Waals surface area contributed by atoms with Crippen molar-refractivity contribution in [3.8, 4) is 5.75 Å². The zero-order valence-corrected chi connectivity index (χ0v) is 15.6. The number of benzene rings is 2. The Bertz CT molecular complexity index is 806. The first-order valence-corrected chi connectivity index (χ1v) is 9.98. The lowest BCUT2D eigenvalue weighted by molar-refractivity contribution is 0.220. The standard InChI is InChI=1S/C18H22ClNO4S/c1-2-3-4-11-24-15-8-5-13(6-9-15)18(21)14-7-10-16(19)17(12-14)25(20,22)23/h5-10,12,18,21H,2-4,11H2,1H3,(H2,20,22,23). The van der Waals surface area contributed by atoms with Gasteiger partial charge in [0.25, 0.3) is 0 Å². The fourth-order valence-electron chi connectivity index (χ4n) is 2.39. The molecule has 2 aromatic rings. The fraction of sp³-hybridized carbons (Fsp3) is 0.333. The van der Waals surface area contributed by atoms with E-state index in [0.717, 1.165) is 25.0 Å². The summed E-state index contributed by atoms with van der Waals surface area (Å²) >= 11 is 5.87. The molecule has 0 saturated carbocycles. The summed E-state index contributed by atoms with van der Waals surface area (Å²) in [6.45, 7) is 2.79. The summed E-state index contributed by atoms with van der Waals surface area (Å²) in [6, 6.07) is 11.3. The Morgan fingerprint density at radius 2 is 1.76 bits per heavy atom. The number of rotatable bonds is 8. The summed E-state index contributed by atoms with van der Waals surface area (Å²) in [6.07, 6.45) is 2.27. The highest BCUT2D eigenvalue weighted by Gasteiger charge is 2.17. The normalized spacial score (nSPS) is 12.8. The number of halogens is 1. The van der Waals surface area contributed by atoms with Gasteiger partial charge in [-0.05, 0) is 41.8 Å². The van der Waals surface area contributed by atoms with Gasteiger partial charge >= 0.3 is 0 Å². The number of ether oxygens (including phenoxy) is 1. The van der Waals surface area contributed by atoms with Crippen molar-refractivity contribution in [3.05, 3.63) is 58.6 Å². The summed E-state index contributed by atoms with van der Waals surface area (Å²) in [5, 5.41) is 15.7. The molecule has 3 N–H and O–H groups in total. The number of primary sulfonamides is 1. The minimum absolute atomic E-state index is 0.0225. The number of aliphatic hydroxyl groups excluding tert-OH is 1. The van der Waals surface area contributed by atoms with E-state index in [1.807, 2.05) is 0 Å². The van der Waals surface area contributed by atoms with Gasteiger partial charge in [-0.1, -0.05) is 49.6 Å². The molecule has 1 unspecified atom stereocenters. The van der Waals surface area contributed by atoms with Gasteiger partial charge in [0, 0.05) is 0 Å². The molecule has 0 aliphatic heterocycles. The third-order valence-electron chi connectivity index (χ3n) is 3.79. The first-order chi connectivity index (χ1) is 11.8. The predicted octanol–water partition coefficient (Wildman–Crippen LogP) is 3.64. The van der Waals surface area contributed by atoms with E-state index in [9.17, 15) is 13.5 Å². The molecule has 0 aliphatic rings. The largest absolute Gasteiger partial charge is 0.494 e. The quantitative estimate of drug-likeness (QED) is 0.681. The molecule has 1 atom stereocenters. The molecule has 0 spiro atoms. The van der Waals surface area contributed by atoms with Crippen LogP contribution in [0.3, 0.4) is 0 Å². The maximum atomic E-state index is 11.6. The summed E-state index contributed by atoms with van der Waals surface area (Å²) in [7, 11) is -3.96. The molecule has 0 amide bonds. The molecule has 0 bridgehead atoms. The van der Waals surface area contributed by atoms with Crippen LogP contribution < -0.4 is 9.88 Å². The second kappa shape index (κ2) is 8.67. The molecule has 2 rings (SSSR count). The first-order valence-electron chi connectivity index (χ1n) is 8.06. The van der Waals surface area contributed by atoms with Gasteiger partial charge in [0.1, 0.15) is 16.7 Å². The highest BCUT2D eigenvalue weighted by molar-refractivity contribution is 7.89. The van der Waals surface area contributed by atoms with Crippen LogP contribution in [0.2, 0.25) is 5.02 Å². The predicted molar refractivity (Wildman–Crippen MR) is 98.3 cm³/mol. The molecular formula is C18H22ClNO4S. The van der Waals surface area contributed by atoms with Gasteiger partial charge in [-0.15, -0.1) is 0 Å². The molecule has 0 aromatic heterocycles. The van der Waals surface area contributed by atoms with Gasteiger partial charge in [-0.2, -0.15) is 0 Å². The number of aliphatic hydroxyl groups is 1. The van der Waals surface area contributed by atoms with Gasteiger partial charge in [0.05, 0.1) is 11.6 Å². The second-order valence-electron chi connectivity index (χ2n) is 5.76. The van der Waals surface area contributed by atoms with Crippen LogP contribution in [-0.2, 0) is 10.0 Å². The number of nitrogens with two attached hydrogens (primary N) is 1. The molecule has 5 nitrogen and oxygen atoms in total. The molecule has 0 heterocycles. The molecule has 0 aliphatic carbocycles. The zero-order valence-electron chi connectivity index (χ0n) is 14.0. The third kappa shape index (κ3) is 5.44. The van der Waals surface area contributed by atoms with Crippen LogP contribution in [0.5, 0.6) is 5.75 Å². The van der Waals surface area contributed by atoms with Crippen LogP contribution in [0.15, 0.2) is 47.4 Å². The van der Waals surface area contributed by atoms with Crippen molar-refractivity contribution in [2.24, 2.45) is 5.14 Å². The Labute approximate surface area is 153 Å². The molecule has 25 heavy (non-hydrogen) atoms. The Balaban J connectivity index is 2.14. The third-order valence-corrected chi connectivity index (χ3v) is 5.18. The van der Waals surface area contributed by atoms with Crippen molar-refractivity contribution in [2.75, 3.05) is 6.61 Å². The summed E-state index contributed by atoms with van der Waals surface area (Å²) in [5.74, 6) is 0.730. The van der Waals surface area contributed by atoms with Crippen molar-refractivity contribution in [1.29, 1.82) is 0 Å². The smallest absolute Gasteiger partial charge is 0.239 e. The lowest BCUT2D eigenvalue weighted by Crippen LogP contribution is -2.13. The molecule has 0 saturated heterocycles. The topological polar surface area (TPSA) is 89.6 Å². The number of hydrogen-bond acceptors (Lipinski definition) is 4. The van der Waals surface area contributed by atoms with Gasteiger partial charge in [-0.25, -0.2) is 13.6 Å². The SMILES string of the molecule is CCCCCOc1ccc(C(O)c2ccc(Cl)c(S(N)(=O)=O)c2)cc1. The van der Waals surface area contributed by atoms with Crippen molar-refractivity contribution in [3.63, 3.8) is 0 Å². The molecule has 0 radical (unpaired) electrons. The zero-order chi connectivity index (χ0) is 18.4.